The van der Waals surface area contributed by atoms with Crippen LogP contribution in [0, 0.1) is 0 Å². The van der Waals surface area contributed by atoms with Crippen LogP contribution < -0.4 is 10.1 Å². The van der Waals surface area contributed by atoms with Crippen LogP contribution in [0.5, 0.6) is 5.75 Å². The zero-order chi connectivity index (χ0) is 19.8. The monoisotopic (exact) mass is 376 g/mol. The van der Waals surface area contributed by atoms with Crippen molar-refractivity contribution in [1.29, 1.82) is 0 Å². The Balaban J connectivity index is 1.95. The van der Waals surface area contributed by atoms with Crippen LogP contribution >= 0.6 is 0 Å². The average Bonchev–Trinajstić information content (AvgIpc) is 2.76. The van der Waals surface area contributed by atoms with Gasteiger partial charge in [0.1, 0.15) is 5.75 Å². The Morgan fingerprint density at radius 3 is 2.32 bits per heavy atom. The lowest BCUT2D eigenvalue weighted by atomic mass is 9.93. The lowest BCUT2D eigenvalue weighted by molar-refractivity contribution is 0.295. The molecule has 3 aromatic rings. The fourth-order valence-electron chi connectivity index (χ4n) is 3.88. The van der Waals surface area contributed by atoms with Gasteiger partial charge in [0, 0.05) is 24.7 Å². The molecule has 3 nitrogen and oxygen atoms in total. The Morgan fingerprint density at radius 2 is 1.61 bits per heavy atom. The van der Waals surface area contributed by atoms with Gasteiger partial charge in [0.2, 0.25) is 0 Å². The molecule has 3 heteroatoms. The first-order valence-electron chi connectivity index (χ1n) is 10.3. The van der Waals surface area contributed by atoms with Crippen molar-refractivity contribution in [1.82, 2.24) is 10.2 Å². The van der Waals surface area contributed by atoms with E-state index in [1.807, 2.05) is 0 Å². The molecular weight excluding hydrogens is 344 g/mol. The number of benzene rings is 3. The van der Waals surface area contributed by atoms with Crippen molar-refractivity contribution in [3.8, 4) is 5.75 Å². The van der Waals surface area contributed by atoms with Gasteiger partial charge in [-0.25, -0.2) is 0 Å². The maximum atomic E-state index is 5.79. The summed E-state index contributed by atoms with van der Waals surface area (Å²) in [7, 11) is 1.77. The van der Waals surface area contributed by atoms with Crippen LogP contribution in [0.2, 0.25) is 0 Å². The molecule has 148 valence electrons. The number of nitrogens with zero attached hydrogens (tertiary/aromatic N) is 1. The number of fused-ring (bicyclic) bond motifs is 1. The van der Waals surface area contributed by atoms with Crippen molar-refractivity contribution in [3.05, 3.63) is 77.9 Å². The van der Waals surface area contributed by atoms with Crippen LogP contribution in [-0.4, -0.2) is 38.2 Å². The van der Waals surface area contributed by atoms with E-state index in [1.165, 1.54) is 21.9 Å². The Kier molecular flexibility index (Phi) is 7.46. The average molecular weight is 377 g/mol. The highest BCUT2D eigenvalue weighted by molar-refractivity contribution is 5.88. The van der Waals surface area contributed by atoms with Gasteiger partial charge in [-0.05, 0) is 41.9 Å². The number of rotatable bonds is 10. The van der Waals surface area contributed by atoms with Gasteiger partial charge in [0.15, 0.2) is 0 Å². The fraction of sp³-hybridized carbons (Fsp3) is 0.360. The van der Waals surface area contributed by atoms with E-state index < -0.39 is 0 Å². The third-order valence-electron chi connectivity index (χ3n) is 5.49. The molecule has 1 atom stereocenters. The fourth-order valence-corrected chi connectivity index (χ4v) is 3.88. The van der Waals surface area contributed by atoms with Gasteiger partial charge < -0.3 is 15.0 Å². The normalized spacial score (nSPS) is 12.4. The number of hydrogen-bond acceptors (Lipinski definition) is 3. The summed E-state index contributed by atoms with van der Waals surface area (Å²) in [5.74, 6) is 0.954. The first-order chi connectivity index (χ1) is 13.8. The van der Waals surface area contributed by atoms with E-state index in [2.05, 4.69) is 90.8 Å². The van der Waals surface area contributed by atoms with Crippen LogP contribution in [-0.2, 0) is 6.42 Å². The van der Waals surface area contributed by atoms with E-state index in [0.717, 1.165) is 38.3 Å². The first-order valence-corrected chi connectivity index (χ1v) is 10.3. The number of ether oxygens (including phenoxy) is 1. The minimum atomic E-state index is 0.194. The molecule has 0 aliphatic heterocycles. The van der Waals surface area contributed by atoms with Crippen LogP contribution in [0.1, 0.15) is 31.0 Å². The second-order valence-corrected chi connectivity index (χ2v) is 7.13. The number of likely N-dealkylation sites (N-methyl/N-ethyl adjacent to an activating group) is 1. The summed E-state index contributed by atoms with van der Waals surface area (Å²) in [5.41, 5.74) is 2.59. The Hall–Kier alpha value is -2.36. The summed E-state index contributed by atoms with van der Waals surface area (Å²) < 4.78 is 5.79. The zero-order valence-electron chi connectivity index (χ0n) is 17.3. The molecule has 0 unspecified atom stereocenters. The lowest BCUT2D eigenvalue weighted by Gasteiger charge is -2.25. The van der Waals surface area contributed by atoms with E-state index in [4.69, 9.17) is 4.74 Å². The minimum Gasteiger partial charge on any atom is -0.496 e. The molecule has 0 aromatic heterocycles. The first kappa shape index (κ1) is 20.4. The van der Waals surface area contributed by atoms with Crippen LogP contribution in [0.15, 0.2) is 66.7 Å². The number of hydrogen-bond donors (Lipinski definition) is 1. The summed E-state index contributed by atoms with van der Waals surface area (Å²) in [6.07, 6.45) is 0.934. The maximum absolute atomic E-state index is 5.79. The lowest BCUT2D eigenvalue weighted by Crippen LogP contribution is -2.34. The van der Waals surface area contributed by atoms with E-state index in [-0.39, 0.29) is 6.04 Å². The molecule has 0 aliphatic carbocycles. The largest absolute Gasteiger partial charge is 0.496 e. The van der Waals surface area contributed by atoms with Crippen LogP contribution in [0.3, 0.4) is 0 Å². The molecule has 3 rings (SSSR count). The molecule has 28 heavy (non-hydrogen) atoms. The Morgan fingerprint density at radius 1 is 0.893 bits per heavy atom. The van der Waals surface area contributed by atoms with Gasteiger partial charge >= 0.3 is 0 Å². The smallest absolute Gasteiger partial charge is 0.124 e. The van der Waals surface area contributed by atoms with Crippen molar-refractivity contribution in [2.75, 3.05) is 33.3 Å². The molecule has 0 aliphatic rings. The van der Waals surface area contributed by atoms with Gasteiger partial charge in [-0.3, -0.25) is 0 Å². The zero-order valence-corrected chi connectivity index (χ0v) is 17.3. The summed E-state index contributed by atoms with van der Waals surface area (Å²) in [6.45, 7) is 8.60. The number of methoxy groups -OCH3 is 1. The molecular formula is C25H32N2O. The molecule has 0 heterocycles. The molecule has 0 fully saturated rings. The molecule has 0 bridgehead atoms. The van der Waals surface area contributed by atoms with Gasteiger partial charge in [-0.2, -0.15) is 0 Å². The van der Waals surface area contributed by atoms with E-state index in [1.54, 1.807) is 7.11 Å². The van der Waals surface area contributed by atoms with E-state index >= 15 is 0 Å². The molecule has 0 amide bonds. The van der Waals surface area contributed by atoms with Gasteiger partial charge in [-0.15, -0.1) is 0 Å². The van der Waals surface area contributed by atoms with Crippen molar-refractivity contribution < 1.29 is 4.74 Å². The highest BCUT2D eigenvalue weighted by Crippen LogP contribution is 2.34. The molecule has 0 radical (unpaired) electrons. The molecule has 0 saturated carbocycles. The Labute approximate surface area is 169 Å². The van der Waals surface area contributed by atoms with E-state index in [9.17, 15) is 0 Å². The summed E-state index contributed by atoms with van der Waals surface area (Å²) in [4.78, 5) is 2.45. The second kappa shape index (κ2) is 10.3. The maximum Gasteiger partial charge on any atom is 0.124 e. The second-order valence-electron chi connectivity index (χ2n) is 7.13. The highest BCUT2D eigenvalue weighted by atomic mass is 16.5. The molecule has 0 saturated heterocycles. The van der Waals surface area contributed by atoms with Crippen LogP contribution in [0.4, 0.5) is 0 Å². The quantitative estimate of drug-likeness (QED) is 0.535. The topological polar surface area (TPSA) is 24.5 Å². The third-order valence-corrected chi connectivity index (χ3v) is 5.49. The van der Waals surface area contributed by atoms with Gasteiger partial charge in [0.25, 0.3) is 0 Å². The summed E-state index contributed by atoms with van der Waals surface area (Å²) in [6, 6.07) is 23.7. The third kappa shape index (κ3) is 4.92. The summed E-state index contributed by atoms with van der Waals surface area (Å²) >= 11 is 0. The van der Waals surface area contributed by atoms with E-state index in [0.29, 0.717) is 0 Å². The van der Waals surface area contributed by atoms with Gasteiger partial charge in [-0.1, -0.05) is 74.5 Å². The SMILES string of the molecule is CCN(CC)CCN[C@H](Cc1ccccc1)c1c(OC)ccc2ccccc12. The van der Waals surface area contributed by atoms with Crippen LogP contribution in [0.25, 0.3) is 10.8 Å². The van der Waals surface area contributed by atoms with Crippen molar-refractivity contribution >= 4 is 10.8 Å². The predicted octanol–water partition coefficient (Wildman–Crippen LogP) is 5.06. The van der Waals surface area contributed by atoms with Crippen molar-refractivity contribution in [2.45, 2.75) is 26.3 Å². The molecule has 1 N–H and O–H groups in total. The predicted molar refractivity (Wildman–Crippen MR) is 119 cm³/mol. The Bertz CT molecular complexity index is 859. The molecule has 0 spiro atoms. The summed E-state index contributed by atoms with van der Waals surface area (Å²) in [5, 5.41) is 6.34. The van der Waals surface area contributed by atoms with Gasteiger partial charge in [0.05, 0.1) is 7.11 Å². The van der Waals surface area contributed by atoms with Crippen molar-refractivity contribution in [2.24, 2.45) is 0 Å². The van der Waals surface area contributed by atoms with Crippen molar-refractivity contribution in [3.63, 3.8) is 0 Å². The number of nitrogens with one attached hydrogen (secondary N) is 1. The standard InChI is InChI=1S/C25H32N2O/c1-4-27(5-2)18-17-26-23(19-20-11-7-6-8-12-20)25-22-14-10-9-13-21(22)15-16-24(25)28-3/h6-16,23,26H,4-5,17-19H2,1-3H3/t23-/m1/s1. The highest BCUT2D eigenvalue weighted by Gasteiger charge is 2.19. The minimum absolute atomic E-state index is 0.194. The molecule has 3 aromatic carbocycles.